The molecule has 0 radical (unpaired) electrons. The van der Waals surface area contributed by atoms with Gasteiger partial charge in [-0.1, -0.05) is 26.7 Å². The van der Waals surface area contributed by atoms with Crippen LogP contribution in [0.1, 0.15) is 78.1 Å². The van der Waals surface area contributed by atoms with E-state index >= 15 is 0 Å². The van der Waals surface area contributed by atoms with Crippen LogP contribution in [0.15, 0.2) is 0 Å². The molecule has 1 atom stereocenters. The highest BCUT2D eigenvalue weighted by Crippen LogP contribution is 2.44. The van der Waals surface area contributed by atoms with Crippen LogP contribution in [-0.4, -0.2) is 18.0 Å². The first-order valence-corrected chi connectivity index (χ1v) is 9.27. The van der Waals surface area contributed by atoms with E-state index in [0.717, 1.165) is 44.1 Å². The Hall–Kier alpha value is -0.370. The van der Waals surface area contributed by atoms with Gasteiger partial charge in [-0.3, -0.25) is 4.79 Å². The van der Waals surface area contributed by atoms with E-state index in [2.05, 4.69) is 13.8 Å². The van der Waals surface area contributed by atoms with Crippen LogP contribution in [-0.2, 0) is 9.53 Å². The van der Waals surface area contributed by atoms with Crippen molar-refractivity contribution in [3.05, 3.63) is 0 Å². The highest BCUT2D eigenvalue weighted by Gasteiger charge is 2.43. The van der Waals surface area contributed by atoms with E-state index in [1.807, 2.05) is 0 Å². The molecule has 1 saturated heterocycles. The van der Waals surface area contributed by atoms with E-state index in [1.165, 1.54) is 38.5 Å². The van der Waals surface area contributed by atoms with E-state index in [4.69, 9.17) is 4.74 Å². The molecule has 0 aromatic carbocycles. The number of carbonyl (C=O) groups excluding carboxylic acids is 1. The first kappa shape index (κ1) is 15.5. The van der Waals surface area contributed by atoms with Crippen molar-refractivity contribution in [1.82, 2.24) is 0 Å². The van der Waals surface area contributed by atoms with Crippen LogP contribution < -0.4 is 0 Å². The lowest BCUT2D eigenvalue weighted by Crippen LogP contribution is -2.41. The van der Waals surface area contributed by atoms with Crippen LogP contribution >= 0.6 is 0 Å². The smallest absolute Gasteiger partial charge is 0.139 e. The van der Waals surface area contributed by atoms with Gasteiger partial charge < -0.3 is 4.74 Å². The summed E-state index contributed by atoms with van der Waals surface area (Å²) in [7, 11) is 0. The standard InChI is InChI=1S/C19H32O2/c1-14(2)15-5-7-16(8-6-15)18(20)17-9-12-21-19(13-17)10-3-4-11-19/h14-17H,3-13H2,1-2H3. The van der Waals surface area contributed by atoms with Crippen LogP contribution in [0, 0.1) is 23.7 Å². The van der Waals surface area contributed by atoms with Gasteiger partial charge in [0.1, 0.15) is 5.78 Å². The second-order valence-electron chi connectivity index (χ2n) is 8.19. The summed E-state index contributed by atoms with van der Waals surface area (Å²) in [4.78, 5) is 12.9. The van der Waals surface area contributed by atoms with Gasteiger partial charge in [-0.25, -0.2) is 0 Å². The molecule has 1 heterocycles. The maximum Gasteiger partial charge on any atom is 0.139 e. The van der Waals surface area contributed by atoms with Gasteiger partial charge in [0.15, 0.2) is 0 Å². The summed E-state index contributed by atoms with van der Waals surface area (Å²) in [5.74, 6) is 2.89. The van der Waals surface area contributed by atoms with Gasteiger partial charge in [-0.2, -0.15) is 0 Å². The Morgan fingerprint density at radius 2 is 1.67 bits per heavy atom. The number of ketones is 1. The van der Waals surface area contributed by atoms with Crippen molar-refractivity contribution in [2.45, 2.75) is 83.7 Å². The van der Waals surface area contributed by atoms with Crippen molar-refractivity contribution in [2.75, 3.05) is 6.61 Å². The van der Waals surface area contributed by atoms with Crippen molar-refractivity contribution in [3.8, 4) is 0 Å². The van der Waals surface area contributed by atoms with Crippen molar-refractivity contribution in [1.29, 1.82) is 0 Å². The second kappa shape index (κ2) is 6.40. The quantitative estimate of drug-likeness (QED) is 0.750. The zero-order chi connectivity index (χ0) is 14.9. The van der Waals surface area contributed by atoms with Crippen LogP contribution in [0.4, 0.5) is 0 Å². The summed E-state index contributed by atoms with van der Waals surface area (Å²) in [6.07, 6.45) is 11.8. The van der Waals surface area contributed by atoms with Crippen LogP contribution in [0.5, 0.6) is 0 Å². The molecule has 0 aromatic heterocycles. The molecule has 1 aliphatic heterocycles. The molecule has 120 valence electrons. The molecule has 0 bridgehead atoms. The maximum atomic E-state index is 12.9. The van der Waals surface area contributed by atoms with Crippen molar-refractivity contribution in [3.63, 3.8) is 0 Å². The second-order valence-corrected chi connectivity index (χ2v) is 8.19. The molecule has 1 unspecified atom stereocenters. The predicted octanol–water partition coefficient (Wildman–Crippen LogP) is 4.76. The Kier molecular flexibility index (Phi) is 4.73. The molecule has 0 aromatic rings. The van der Waals surface area contributed by atoms with Gasteiger partial charge in [0.2, 0.25) is 0 Å². The monoisotopic (exact) mass is 292 g/mol. The maximum absolute atomic E-state index is 12.9. The third-order valence-electron chi connectivity index (χ3n) is 6.53. The first-order valence-electron chi connectivity index (χ1n) is 9.27. The highest BCUT2D eigenvalue weighted by atomic mass is 16.5. The SMILES string of the molecule is CC(C)C1CCC(C(=O)C2CCOC3(CCCC3)C2)CC1. The third kappa shape index (κ3) is 3.36. The number of Topliss-reactive ketones (excluding diaryl/α,β-unsaturated/α-hetero) is 1. The number of hydrogen-bond acceptors (Lipinski definition) is 2. The van der Waals surface area contributed by atoms with Crippen LogP contribution in [0.25, 0.3) is 0 Å². The lowest BCUT2D eigenvalue weighted by atomic mass is 9.71. The average Bonchev–Trinajstić information content (AvgIpc) is 2.94. The van der Waals surface area contributed by atoms with E-state index in [-0.39, 0.29) is 5.60 Å². The van der Waals surface area contributed by atoms with E-state index < -0.39 is 0 Å². The fourth-order valence-electron chi connectivity index (χ4n) is 5.04. The number of carbonyl (C=O) groups is 1. The van der Waals surface area contributed by atoms with Gasteiger partial charge in [-0.15, -0.1) is 0 Å². The fourth-order valence-corrected chi connectivity index (χ4v) is 5.04. The normalized spacial score (nSPS) is 36.2. The molecule has 2 aliphatic carbocycles. The highest BCUT2D eigenvalue weighted by molar-refractivity contribution is 5.83. The van der Waals surface area contributed by atoms with E-state index in [1.54, 1.807) is 0 Å². The summed E-state index contributed by atoms with van der Waals surface area (Å²) < 4.78 is 6.09. The molecule has 0 N–H and O–H groups in total. The topological polar surface area (TPSA) is 26.3 Å². The Labute approximate surface area is 130 Å². The Bertz CT molecular complexity index is 360. The lowest BCUT2D eigenvalue weighted by Gasteiger charge is -2.39. The van der Waals surface area contributed by atoms with Crippen molar-refractivity contribution < 1.29 is 9.53 Å². The van der Waals surface area contributed by atoms with Gasteiger partial charge in [0, 0.05) is 18.4 Å². The average molecular weight is 292 g/mol. The Balaban J connectivity index is 1.55. The zero-order valence-corrected chi connectivity index (χ0v) is 13.9. The molecule has 21 heavy (non-hydrogen) atoms. The molecular formula is C19H32O2. The van der Waals surface area contributed by atoms with Crippen LogP contribution in [0.2, 0.25) is 0 Å². The molecule has 2 heteroatoms. The molecule has 3 rings (SSSR count). The first-order chi connectivity index (χ1) is 10.1. The van der Waals surface area contributed by atoms with Gasteiger partial charge in [-0.05, 0) is 63.2 Å². The summed E-state index contributed by atoms with van der Waals surface area (Å²) >= 11 is 0. The van der Waals surface area contributed by atoms with Crippen LogP contribution in [0.3, 0.4) is 0 Å². The molecule has 3 fully saturated rings. The van der Waals surface area contributed by atoms with Crippen molar-refractivity contribution in [2.24, 2.45) is 23.7 Å². The van der Waals surface area contributed by atoms with Gasteiger partial charge >= 0.3 is 0 Å². The number of rotatable bonds is 3. The number of hydrogen-bond donors (Lipinski definition) is 0. The van der Waals surface area contributed by atoms with Crippen molar-refractivity contribution >= 4 is 5.78 Å². The van der Waals surface area contributed by atoms with E-state index in [0.29, 0.717) is 17.6 Å². The molecule has 0 amide bonds. The minimum absolute atomic E-state index is 0.0910. The largest absolute Gasteiger partial charge is 0.375 e. The summed E-state index contributed by atoms with van der Waals surface area (Å²) in [5.41, 5.74) is 0.0910. The summed E-state index contributed by atoms with van der Waals surface area (Å²) in [6.45, 7) is 5.47. The fraction of sp³-hybridized carbons (Fsp3) is 0.947. The van der Waals surface area contributed by atoms with E-state index in [9.17, 15) is 4.79 Å². The zero-order valence-electron chi connectivity index (χ0n) is 13.9. The third-order valence-corrected chi connectivity index (χ3v) is 6.53. The van der Waals surface area contributed by atoms with Gasteiger partial charge in [0.25, 0.3) is 0 Å². The summed E-state index contributed by atoms with van der Waals surface area (Å²) in [6, 6.07) is 0. The molecule has 1 spiro atoms. The molecular weight excluding hydrogens is 260 g/mol. The number of ether oxygens (including phenoxy) is 1. The molecule has 3 aliphatic rings. The Morgan fingerprint density at radius 3 is 2.29 bits per heavy atom. The van der Waals surface area contributed by atoms with Gasteiger partial charge in [0.05, 0.1) is 5.60 Å². The summed E-state index contributed by atoms with van der Waals surface area (Å²) in [5, 5.41) is 0. The molecule has 2 nitrogen and oxygen atoms in total. The predicted molar refractivity (Wildman–Crippen MR) is 85.2 cm³/mol. The Morgan fingerprint density at radius 1 is 1.00 bits per heavy atom. The minimum atomic E-state index is 0.0910. The molecule has 2 saturated carbocycles. The lowest BCUT2D eigenvalue weighted by molar-refractivity contribution is -0.141. The minimum Gasteiger partial charge on any atom is -0.375 e.